The first-order valence-corrected chi connectivity index (χ1v) is 9.30. The van der Waals surface area contributed by atoms with Crippen LogP contribution in [0.1, 0.15) is 47.7 Å². The van der Waals surface area contributed by atoms with Gasteiger partial charge in [0.15, 0.2) is 0 Å². The Morgan fingerprint density at radius 3 is 2.73 bits per heavy atom. The minimum absolute atomic E-state index is 0.115. The van der Waals surface area contributed by atoms with Crippen molar-refractivity contribution in [1.82, 2.24) is 9.61 Å². The van der Waals surface area contributed by atoms with Crippen LogP contribution in [0.25, 0.3) is 5.52 Å². The summed E-state index contributed by atoms with van der Waals surface area (Å²) in [7, 11) is 0. The van der Waals surface area contributed by atoms with Gasteiger partial charge in [0.05, 0.1) is 29.1 Å². The highest BCUT2D eigenvalue weighted by atomic mass is 16.5. The number of amides is 1. The number of rotatable bonds is 6. The number of anilines is 1. The molecule has 1 amide bonds. The SMILES string of the molecule is O=C(Nc1ccccc1OCC1CC1)c1c(C2CC2)nn2ccccc12. The Morgan fingerprint density at radius 2 is 1.92 bits per heavy atom. The number of pyridine rings is 1. The number of benzene rings is 1. The second kappa shape index (κ2) is 6.16. The number of nitrogens with one attached hydrogen (secondary N) is 1. The van der Waals surface area contributed by atoms with E-state index >= 15 is 0 Å². The van der Waals surface area contributed by atoms with E-state index in [9.17, 15) is 4.79 Å². The van der Waals surface area contributed by atoms with Crippen molar-refractivity contribution in [3.8, 4) is 5.75 Å². The smallest absolute Gasteiger partial charge is 0.259 e. The van der Waals surface area contributed by atoms with Gasteiger partial charge in [-0.3, -0.25) is 4.79 Å². The van der Waals surface area contributed by atoms with Crippen LogP contribution in [0, 0.1) is 5.92 Å². The molecule has 0 unspecified atom stereocenters. The highest BCUT2D eigenvalue weighted by molar-refractivity contribution is 6.10. The highest BCUT2D eigenvalue weighted by Gasteiger charge is 2.33. The van der Waals surface area contributed by atoms with Gasteiger partial charge >= 0.3 is 0 Å². The molecule has 0 radical (unpaired) electrons. The molecular formula is C21H21N3O2. The molecule has 0 saturated heterocycles. The number of fused-ring (bicyclic) bond motifs is 1. The number of carbonyl (C=O) groups excluding carboxylic acids is 1. The summed E-state index contributed by atoms with van der Waals surface area (Å²) in [5.74, 6) is 1.68. The Hall–Kier alpha value is -2.82. The lowest BCUT2D eigenvalue weighted by Crippen LogP contribution is -2.14. The fourth-order valence-corrected chi connectivity index (χ4v) is 3.26. The van der Waals surface area contributed by atoms with Crippen LogP contribution in [-0.2, 0) is 0 Å². The van der Waals surface area contributed by atoms with Crippen LogP contribution in [0.5, 0.6) is 5.75 Å². The zero-order chi connectivity index (χ0) is 17.5. The second-order valence-corrected chi connectivity index (χ2v) is 7.27. The van der Waals surface area contributed by atoms with Crippen LogP contribution in [0.3, 0.4) is 0 Å². The van der Waals surface area contributed by atoms with E-state index in [0.29, 0.717) is 17.4 Å². The maximum absolute atomic E-state index is 13.1. The summed E-state index contributed by atoms with van der Waals surface area (Å²) in [6, 6.07) is 13.5. The van der Waals surface area contributed by atoms with Gasteiger partial charge in [0, 0.05) is 12.1 Å². The van der Waals surface area contributed by atoms with Crippen molar-refractivity contribution in [2.24, 2.45) is 5.92 Å². The van der Waals surface area contributed by atoms with E-state index in [1.165, 1.54) is 12.8 Å². The number of aromatic nitrogens is 2. The Kier molecular flexibility index (Phi) is 3.66. The van der Waals surface area contributed by atoms with Crippen LogP contribution in [-0.4, -0.2) is 22.1 Å². The number of nitrogens with zero attached hydrogens (tertiary/aromatic N) is 2. The van der Waals surface area contributed by atoms with Gasteiger partial charge < -0.3 is 10.1 Å². The van der Waals surface area contributed by atoms with Gasteiger partial charge in [-0.2, -0.15) is 5.10 Å². The minimum atomic E-state index is -0.115. The third-order valence-electron chi connectivity index (χ3n) is 5.06. The molecule has 2 saturated carbocycles. The maximum atomic E-state index is 13.1. The molecule has 2 heterocycles. The molecule has 1 N–H and O–H groups in total. The van der Waals surface area contributed by atoms with Crippen molar-refractivity contribution in [2.75, 3.05) is 11.9 Å². The number of hydrogen-bond acceptors (Lipinski definition) is 3. The molecule has 26 heavy (non-hydrogen) atoms. The van der Waals surface area contributed by atoms with Crippen LogP contribution in [0.2, 0.25) is 0 Å². The summed E-state index contributed by atoms with van der Waals surface area (Å²) in [6.45, 7) is 0.719. The van der Waals surface area contributed by atoms with Crippen molar-refractivity contribution in [3.05, 3.63) is 59.9 Å². The maximum Gasteiger partial charge on any atom is 0.259 e. The Morgan fingerprint density at radius 1 is 1.12 bits per heavy atom. The van der Waals surface area contributed by atoms with Crippen molar-refractivity contribution in [3.63, 3.8) is 0 Å². The van der Waals surface area contributed by atoms with Gasteiger partial charge in [-0.05, 0) is 55.9 Å². The minimum Gasteiger partial charge on any atom is -0.491 e. The van der Waals surface area contributed by atoms with E-state index in [2.05, 4.69) is 10.4 Å². The zero-order valence-corrected chi connectivity index (χ0v) is 14.5. The molecule has 2 fully saturated rings. The van der Waals surface area contributed by atoms with Crippen LogP contribution in [0.15, 0.2) is 48.7 Å². The van der Waals surface area contributed by atoms with Crippen molar-refractivity contribution >= 4 is 17.1 Å². The van der Waals surface area contributed by atoms with Crippen molar-refractivity contribution < 1.29 is 9.53 Å². The fourth-order valence-electron chi connectivity index (χ4n) is 3.26. The van der Waals surface area contributed by atoms with E-state index < -0.39 is 0 Å². The van der Waals surface area contributed by atoms with Crippen LogP contribution in [0.4, 0.5) is 5.69 Å². The average molecular weight is 347 g/mol. The van der Waals surface area contributed by atoms with Crippen molar-refractivity contribution in [1.29, 1.82) is 0 Å². The van der Waals surface area contributed by atoms with Crippen LogP contribution >= 0.6 is 0 Å². The van der Waals surface area contributed by atoms with E-state index in [1.54, 1.807) is 4.52 Å². The zero-order valence-electron chi connectivity index (χ0n) is 14.5. The summed E-state index contributed by atoms with van der Waals surface area (Å²) in [5, 5.41) is 7.71. The van der Waals surface area contributed by atoms with Crippen LogP contribution < -0.4 is 10.1 Å². The molecule has 0 atom stereocenters. The van der Waals surface area contributed by atoms with Crippen molar-refractivity contribution in [2.45, 2.75) is 31.6 Å². The predicted octanol–water partition coefficient (Wildman–Crippen LogP) is 4.25. The summed E-state index contributed by atoms with van der Waals surface area (Å²) in [6.07, 6.45) is 6.57. The molecule has 132 valence electrons. The lowest BCUT2D eigenvalue weighted by atomic mass is 10.1. The van der Waals surface area contributed by atoms with E-state index in [0.717, 1.165) is 42.1 Å². The van der Waals surface area contributed by atoms with Gasteiger partial charge in [0.1, 0.15) is 5.75 Å². The molecule has 0 spiro atoms. The third-order valence-corrected chi connectivity index (χ3v) is 5.06. The van der Waals surface area contributed by atoms with Gasteiger partial charge in [0.2, 0.25) is 0 Å². The molecule has 2 aliphatic carbocycles. The van der Waals surface area contributed by atoms with Gasteiger partial charge in [-0.1, -0.05) is 18.2 Å². The lowest BCUT2D eigenvalue weighted by molar-refractivity contribution is 0.102. The first-order chi connectivity index (χ1) is 12.8. The molecule has 3 aromatic rings. The molecule has 2 aliphatic rings. The summed E-state index contributed by atoms with van der Waals surface area (Å²) in [5.41, 5.74) is 3.16. The Labute approximate surface area is 152 Å². The third kappa shape index (κ3) is 2.94. The monoisotopic (exact) mass is 347 g/mol. The number of hydrogen-bond donors (Lipinski definition) is 1. The first-order valence-electron chi connectivity index (χ1n) is 9.30. The Balaban J connectivity index is 1.46. The van der Waals surface area contributed by atoms with E-state index in [-0.39, 0.29) is 5.91 Å². The molecule has 0 bridgehead atoms. The average Bonchev–Trinajstić information content (AvgIpc) is 3.58. The molecule has 1 aromatic carbocycles. The van der Waals surface area contributed by atoms with Gasteiger partial charge in [0.25, 0.3) is 5.91 Å². The number of ether oxygens (including phenoxy) is 1. The number of para-hydroxylation sites is 2. The summed E-state index contributed by atoms with van der Waals surface area (Å²) >= 11 is 0. The van der Waals surface area contributed by atoms with Gasteiger partial charge in [-0.15, -0.1) is 0 Å². The first kappa shape index (κ1) is 15.4. The number of carbonyl (C=O) groups is 1. The largest absolute Gasteiger partial charge is 0.491 e. The predicted molar refractivity (Wildman–Crippen MR) is 99.8 cm³/mol. The molecule has 5 heteroatoms. The van der Waals surface area contributed by atoms with Gasteiger partial charge in [-0.25, -0.2) is 4.52 Å². The molecule has 5 nitrogen and oxygen atoms in total. The quantitative estimate of drug-likeness (QED) is 0.725. The van der Waals surface area contributed by atoms with E-state index in [4.69, 9.17) is 4.74 Å². The molecule has 5 rings (SSSR count). The molecule has 0 aliphatic heterocycles. The fraction of sp³-hybridized carbons (Fsp3) is 0.333. The lowest BCUT2D eigenvalue weighted by Gasteiger charge is -2.12. The summed E-state index contributed by atoms with van der Waals surface area (Å²) in [4.78, 5) is 13.1. The van der Waals surface area contributed by atoms with E-state index in [1.807, 2.05) is 48.7 Å². The molecular weight excluding hydrogens is 326 g/mol. The standard InChI is InChI=1S/C21H21N3O2/c25-21(22-16-5-1-2-7-18(16)26-13-14-8-9-14)19-17-6-3-4-12-24(17)23-20(19)15-10-11-15/h1-7,12,14-15H,8-11,13H2,(H,22,25). The second-order valence-electron chi connectivity index (χ2n) is 7.27. The normalized spacial score (nSPS) is 16.6. The summed E-state index contributed by atoms with van der Waals surface area (Å²) < 4.78 is 7.72. The highest BCUT2D eigenvalue weighted by Crippen LogP contribution is 2.42. The Bertz CT molecular complexity index is 970. The topological polar surface area (TPSA) is 55.6 Å². The molecule has 2 aromatic heterocycles.